The number of rotatable bonds is 10. The van der Waals surface area contributed by atoms with Gasteiger partial charge in [0.05, 0.1) is 19.6 Å². The number of esters is 1. The van der Waals surface area contributed by atoms with Gasteiger partial charge in [0.25, 0.3) is 0 Å². The van der Waals surface area contributed by atoms with Crippen molar-refractivity contribution < 1.29 is 14.3 Å². The van der Waals surface area contributed by atoms with E-state index in [1.807, 2.05) is 32.0 Å². The van der Waals surface area contributed by atoms with Crippen LogP contribution in [0.25, 0.3) is 0 Å². The summed E-state index contributed by atoms with van der Waals surface area (Å²) in [5.74, 6) is 1.05. The standard InChI is InChI=1S/C25H34O3/c1-6-19(3)17-25(18-20(4)24(26)27-5,21-11-9-8-10-12-21)22-13-15-23(16-14-22)28-7-2/h8-16,19-20H,6-7,17-18H2,1-5H3. The first kappa shape index (κ1) is 22.0. The Hall–Kier alpha value is -2.29. The fraction of sp³-hybridized carbons (Fsp3) is 0.480. The predicted molar refractivity (Wildman–Crippen MR) is 115 cm³/mol. The summed E-state index contributed by atoms with van der Waals surface area (Å²) < 4.78 is 10.7. The monoisotopic (exact) mass is 382 g/mol. The molecule has 0 saturated carbocycles. The number of carbonyl (C=O) groups excluding carboxylic acids is 1. The minimum Gasteiger partial charge on any atom is -0.494 e. The molecule has 2 aromatic carbocycles. The molecule has 3 atom stereocenters. The third-order valence-electron chi connectivity index (χ3n) is 5.70. The van der Waals surface area contributed by atoms with Crippen LogP contribution >= 0.6 is 0 Å². The van der Waals surface area contributed by atoms with Gasteiger partial charge in [0, 0.05) is 5.41 Å². The van der Waals surface area contributed by atoms with Crippen LogP contribution in [0.4, 0.5) is 0 Å². The molecule has 0 aliphatic carbocycles. The molecular weight excluding hydrogens is 348 g/mol. The Morgan fingerprint density at radius 1 is 0.929 bits per heavy atom. The molecule has 3 unspecified atom stereocenters. The third-order valence-corrected chi connectivity index (χ3v) is 5.70. The van der Waals surface area contributed by atoms with E-state index in [1.165, 1.54) is 18.2 Å². The topological polar surface area (TPSA) is 35.5 Å². The second kappa shape index (κ2) is 10.3. The Bertz CT molecular complexity index is 723. The number of hydrogen-bond acceptors (Lipinski definition) is 3. The van der Waals surface area contributed by atoms with Gasteiger partial charge in [-0.15, -0.1) is 0 Å². The molecule has 3 heteroatoms. The zero-order chi connectivity index (χ0) is 20.6. The van der Waals surface area contributed by atoms with E-state index in [2.05, 4.69) is 50.2 Å². The van der Waals surface area contributed by atoms with Crippen molar-refractivity contribution in [2.75, 3.05) is 13.7 Å². The van der Waals surface area contributed by atoms with Crippen molar-refractivity contribution >= 4 is 5.97 Å². The molecule has 2 aromatic rings. The SMILES string of the molecule is CCOc1ccc(C(CC(C)CC)(CC(C)C(=O)OC)c2ccccc2)cc1. The highest BCUT2D eigenvalue weighted by Crippen LogP contribution is 2.44. The van der Waals surface area contributed by atoms with E-state index < -0.39 is 0 Å². The van der Waals surface area contributed by atoms with Gasteiger partial charge in [-0.1, -0.05) is 69.7 Å². The quantitative estimate of drug-likeness (QED) is 0.472. The summed E-state index contributed by atoms with van der Waals surface area (Å²) in [7, 11) is 1.47. The van der Waals surface area contributed by atoms with Crippen LogP contribution in [0.3, 0.4) is 0 Å². The van der Waals surface area contributed by atoms with Crippen LogP contribution in [0.1, 0.15) is 58.1 Å². The molecule has 0 heterocycles. The zero-order valence-electron chi connectivity index (χ0n) is 17.9. The second-order valence-electron chi connectivity index (χ2n) is 7.75. The van der Waals surface area contributed by atoms with E-state index in [0.717, 1.165) is 18.6 Å². The third kappa shape index (κ3) is 5.15. The van der Waals surface area contributed by atoms with Gasteiger partial charge in [-0.25, -0.2) is 0 Å². The fourth-order valence-corrected chi connectivity index (χ4v) is 4.06. The summed E-state index contributed by atoms with van der Waals surface area (Å²) in [5.41, 5.74) is 2.21. The maximum Gasteiger partial charge on any atom is 0.308 e. The van der Waals surface area contributed by atoms with Gasteiger partial charge in [-0.2, -0.15) is 0 Å². The molecule has 0 fully saturated rings. The van der Waals surface area contributed by atoms with Crippen molar-refractivity contribution in [3.63, 3.8) is 0 Å². The minimum absolute atomic E-state index is 0.157. The Morgan fingerprint density at radius 2 is 1.54 bits per heavy atom. The summed E-state index contributed by atoms with van der Waals surface area (Å²) in [6.07, 6.45) is 2.78. The molecule has 0 radical (unpaired) electrons. The van der Waals surface area contributed by atoms with E-state index in [1.54, 1.807) is 0 Å². The maximum atomic E-state index is 12.3. The normalized spacial score (nSPS) is 15.3. The van der Waals surface area contributed by atoms with Crippen LogP contribution < -0.4 is 4.74 Å². The van der Waals surface area contributed by atoms with Gasteiger partial charge < -0.3 is 9.47 Å². The van der Waals surface area contributed by atoms with E-state index in [4.69, 9.17) is 9.47 Å². The summed E-state index contributed by atoms with van der Waals surface area (Å²) in [6.45, 7) is 9.12. The molecule has 28 heavy (non-hydrogen) atoms. The summed E-state index contributed by atoms with van der Waals surface area (Å²) in [5, 5.41) is 0. The number of methoxy groups -OCH3 is 1. The van der Waals surface area contributed by atoms with Crippen molar-refractivity contribution in [3.05, 3.63) is 65.7 Å². The summed E-state index contributed by atoms with van der Waals surface area (Å²) in [6, 6.07) is 19.0. The lowest BCUT2D eigenvalue weighted by atomic mass is 9.64. The van der Waals surface area contributed by atoms with Crippen molar-refractivity contribution in [1.82, 2.24) is 0 Å². The van der Waals surface area contributed by atoms with E-state index >= 15 is 0 Å². The Labute approximate surface area is 170 Å². The Morgan fingerprint density at radius 3 is 2.07 bits per heavy atom. The van der Waals surface area contributed by atoms with Gasteiger partial charge in [-0.05, 0) is 48.9 Å². The Balaban J connectivity index is 2.59. The largest absolute Gasteiger partial charge is 0.494 e. The van der Waals surface area contributed by atoms with E-state index in [-0.39, 0.29) is 17.3 Å². The highest BCUT2D eigenvalue weighted by Gasteiger charge is 2.38. The maximum absolute atomic E-state index is 12.3. The average molecular weight is 383 g/mol. The van der Waals surface area contributed by atoms with Crippen molar-refractivity contribution in [2.24, 2.45) is 11.8 Å². The van der Waals surface area contributed by atoms with Crippen LogP contribution in [0, 0.1) is 11.8 Å². The molecule has 2 rings (SSSR count). The first-order valence-corrected chi connectivity index (χ1v) is 10.3. The van der Waals surface area contributed by atoms with Crippen LogP contribution in [0.2, 0.25) is 0 Å². The van der Waals surface area contributed by atoms with E-state index in [0.29, 0.717) is 18.9 Å². The molecule has 0 aliphatic heterocycles. The van der Waals surface area contributed by atoms with Gasteiger partial charge in [0.15, 0.2) is 0 Å². The molecule has 0 N–H and O–H groups in total. The van der Waals surface area contributed by atoms with Crippen LogP contribution in [-0.2, 0) is 14.9 Å². The molecule has 0 amide bonds. The second-order valence-corrected chi connectivity index (χ2v) is 7.75. The summed E-state index contributed by atoms with van der Waals surface area (Å²) in [4.78, 5) is 12.3. The lowest BCUT2D eigenvalue weighted by Gasteiger charge is -2.39. The van der Waals surface area contributed by atoms with Crippen molar-refractivity contribution in [2.45, 2.75) is 52.4 Å². The van der Waals surface area contributed by atoms with Crippen LogP contribution in [0.5, 0.6) is 5.75 Å². The fourth-order valence-electron chi connectivity index (χ4n) is 4.06. The van der Waals surface area contributed by atoms with Gasteiger partial charge in [0.1, 0.15) is 5.75 Å². The molecule has 3 nitrogen and oxygen atoms in total. The lowest BCUT2D eigenvalue weighted by Crippen LogP contribution is -2.34. The molecule has 152 valence electrons. The lowest BCUT2D eigenvalue weighted by molar-refractivity contribution is -0.145. The van der Waals surface area contributed by atoms with Gasteiger partial charge in [-0.3, -0.25) is 4.79 Å². The summed E-state index contributed by atoms with van der Waals surface area (Å²) >= 11 is 0. The molecular formula is C25H34O3. The minimum atomic E-state index is -0.255. The average Bonchev–Trinajstić information content (AvgIpc) is 2.73. The van der Waals surface area contributed by atoms with Crippen molar-refractivity contribution in [1.29, 1.82) is 0 Å². The molecule has 0 bridgehead atoms. The van der Waals surface area contributed by atoms with Gasteiger partial charge in [0.2, 0.25) is 0 Å². The molecule has 0 spiro atoms. The van der Waals surface area contributed by atoms with Crippen molar-refractivity contribution in [3.8, 4) is 5.75 Å². The first-order valence-electron chi connectivity index (χ1n) is 10.3. The molecule has 0 aliphatic rings. The van der Waals surface area contributed by atoms with Crippen LogP contribution in [-0.4, -0.2) is 19.7 Å². The number of ether oxygens (including phenoxy) is 2. The first-order chi connectivity index (χ1) is 13.5. The smallest absolute Gasteiger partial charge is 0.308 e. The molecule has 0 saturated heterocycles. The predicted octanol–water partition coefficient (Wildman–Crippen LogP) is 6.01. The number of hydrogen-bond donors (Lipinski definition) is 0. The highest BCUT2D eigenvalue weighted by molar-refractivity contribution is 5.72. The number of benzene rings is 2. The molecule has 0 aromatic heterocycles. The van der Waals surface area contributed by atoms with Gasteiger partial charge >= 0.3 is 5.97 Å². The highest BCUT2D eigenvalue weighted by atomic mass is 16.5. The Kier molecular flexibility index (Phi) is 8.10. The number of carbonyl (C=O) groups is 1. The van der Waals surface area contributed by atoms with E-state index in [9.17, 15) is 4.79 Å². The zero-order valence-corrected chi connectivity index (χ0v) is 17.9. The van der Waals surface area contributed by atoms with Crippen LogP contribution in [0.15, 0.2) is 54.6 Å².